The zero-order chi connectivity index (χ0) is 20.6. The molecule has 2 aromatic heterocycles. The van der Waals surface area contributed by atoms with Gasteiger partial charge in [0.15, 0.2) is 0 Å². The topological polar surface area (TPSA) is 61.9 Å². The van der Waals surface area contributed by atoms with E-state index in [-0.39, 0.29) is 16.8 Å². The lowest BCUT2D eigenvalue weighted by molar-refractivity contribution is 0.240. The first-order valence-corrected chi connectivity index (χ1v) is 9.85. The summed E-state index contributed by atoms with van der Waals surface area (Å²) in [7, 11) is 0. The van der Waals surface area contributed by atoms with Gasteiger partial charge in [0, 0.05) is 43.2 Å². The van der Waals surface area contributed by atoms with E-state index in [1.807, 2.05) is 18.3 Å². The van der Waals surface area contributed by atoms with Crippen molar-refractivity contribution >= 4 is 0 Å². The molecule has 3 heterocycles. The minimum atomic E-state index is -0.255. The van der Waals surface area contributed by atoms with Crippen LogP contribution in [0.4, 0.5) is 4.39 Å². The SMILES string of the molecule is CC(C)(C)c1nc2c(c(=O)[nH]1)CN(Cc1ccc(-c3ccc(F)cc3)nc1)CC2. The first kappa shape index (κ1) is 19.5. The summed E-state index contributed by atoms with van der Waals surface area (Å²) >= 11 is 0. The Morgan fingerprint density at radius 3 is 2.55 bits per heavy atom. The number of aromatic nitrogens is 3. The van der Waals surface area contributed by atoms with Gasteiger partial charge in [-0.2, -0.15) is 0 Å². The molecule has 1 N–H and O–H groups in total. The Balaban J connectivity index is 1.48. The van der Waals surface area contributed by atoms with E-state index in [2.05, 4.69) is 35.6 Å². The Hall–Kier alpha value is -2.86. The fourth-order valence-corrected chi connectivity index (χ4v) is 3.54. The second-order valence-corrected chi connectivity index (χ2v) is 8.61. The molecule has 4 rings (SSSR count). The first-order chi connectivity index (χ1) is 13.8. The molecule has 0 aliphatic carbocycles. The summed E-state index contributed by atoms with van der Waals surface area (Å²) in [5, 5.41) is 0. The van der Waals surface area contributed by atoms with E-state index in [4.69, 9.17) is 4.98 Å². The minimum absolute atomic E-state index is 0.0330. The summed E-state index contributed by atoms with van der Waals surface area (Å²) in [6, 6.07) is 10.3. The lowest BCUT2D eigenvalue weighted by atomic mass is 9.95. The number of halogens is 1. The number of rotatable bonds is 3. The minimum Gasteiger partial charge on any atom is -0.310 e. The first-order valence-electron chi connectivity index (χ1n) is 9.85. The van der Waals surface area contributed by atoms with Gasteiger partial charge in [0.25, 0.3) is 5.56 Å². The van der Waals surface area contributed by atoms with Crippen molar-refractivity contribution in [2.75, 3.05) is 6.54 Å². The second kappa shape index (κ2) is 7.52. The summed E-state index contributed by atoms with van der Waals surface area (Å²) < 4.78 is 13.1. The van der Waals surface area contributed by atoms with E-state index in [0.717, 1.165) is 53.4 Å². The van der Waals surface area contributed by atoms with Gasteiger partial charge in [0.1, 0.15) is 11.6 Å². The normalized spacial score (nSPS) is 14.6. The average molecular weight is 392 g/mol. The third-order valence-corrected chi connectivity index (χ3v) is 5.23. The number of aromatic amines is 1. The molecule has 0 saturated heterocycles. The number of pyridine rings is 1. The number of nitrogens with one attached hydrogen (secondary N) is 1. The smallest absolute Gasteiger partial charge is 0.255 e. The van der Waals surface area contributed by atoms with Crippen molar-refractivity contribution in [1.82, 2.24) is 19.9 Å². The third-order valence-electron chi connectivity index (χ3n) is 5.23. The van der Waals surface area contributed by atoms with Gasteiger partial charge in [0.05, 0.1) is 17.0 Å². The number of hydrogen-bond acceptors (Lipinski definition) is 4. The lowest BCUT2D eigenvalue weighted by Crippen LogP contribution is -2.37. The Bertz CT molecular complexity index is 1070. The molecule has 5 nitrogen and oxygen atoms in total. The van der Waals surface area contributed by atoms with Crippen LogP contribution in [0.15, 0.2) is 47.4 Å². The van der Waals surface area contributed by atoms with Crippen molar-refractivity contribution in [3.05, 3.63) is 81.4 Å². The van der Waals surface area contributed by atoms with Crippen molar-refractivity contribution in [3.8, 4) is 11.3 Å². The fraction of sp³-hybridized carbons (Fsp3) is 0.348. The summed E-state index contributed by atoms with van der Waals surface area (Å²) in [5.74, 6) is 0.491. The van der Waals surface area contributed by atoms with Gasteiger partial charge in [-0.1, -0.05) is 26.8 Å². The Labute approximate surface area is 169 Å². The molecule has 1 aliphatic rings. The fourth-order valence-electron chi connectivity index (χ4n) is 3.54. The number of benzene rings is 1. The van der Waals surface area contributed by atoms with Crippen LogP contribution >= 0.6 is 0 Å². The maximum absolute atomic E-state index is 13.1. The quantitative estimate of drug-likeness (QED) is 0.736. The Kier molecular flexibility index (Phi) is 5.04. The molecular weight excluding hydrogens is 367 g/mol. The highest BCUT2D eigenvalue weighted by molar-refractivity contribution is 5.58. The monoisotopic (exact) mass is 392 g/mol. The number of H-pyrrole nitrogens is 1. The van der Waals surface area contributed by atoms with Crippen molar-refractivity contribution in [2.45, 2.75) is 45.7 Å². The zero-order valence-corrected chi connectivity index (χ0v) is 17.0. The van der Waals surface area contributed by atoms with Gasteiger partial charge in [0.2, 0.25) is 0 Å². The zero-order valence-electron chi connectivity index (χ0n) is 17.0. The highest BCUT2D eigenvalue weighted by Gasteiger charge is 2.24. The van der Waals surface area contributed by atoms with Gasteiger partial charge in [-0.05, 0) is 35.9 Å². The van der Waals surface area contributed by atoms with Crippen LogP contribution in [0.25, 0.3) is 11.3 Å². The van der Waals surface area contributed by atoms with Crippen LogP contribution in [0, 0.1) is 5.82 Å². The molecule has 0 atom stereocenters. The molecule has 0 unspecified atom stereocenters. The third kappa shape index (κ3) is 4.27. The van der Waals surface area contributed by atoms with E-state index in [1.54, 1.807) is 12.1 Å². The molecule has 29 heavy (non-hydrogen) atoms. The summed E-state index contributed by atoms with van der Waals surface area (Å²) in [5.41, 5.74) is 4.25. The molecular formula is C23H25FN4O. The lowest BCUT2D eigenvalue weighted by Gasteiger charge is -2.28. The van der Waals surface area contributed by atoms with E-state index in [9.17, 15) is 9.18 Å². The maximum atomic E-state index is 13.1. The molecule has 0 radical (unpaired) electrons. The summed E-state index contributed by atoms with van der Waals surface area (Å²) in [6.07, 6.45) is 2.61. The molecule has 6 heteroatoms. The molecule has 150 valence electrons. The second-order valence-electron chi connectivity index (χ2n) is 8.61. The Morgan fingerprint density at radius 2 is 1.90 bits per heavy atom. The molecule has 1 aromatic carbocycles. The molecule has 0 saturated carbocycles. The molecule has 0 fully saturated rings. The summed E-state index contributed by atoms with van der Waals surface area (Å²) in [6.45, 7) is 8.31. The summed E-state index contributed by atoms with van der Waals surface area (Å²) in [4.78, 5) is 27.0. The average Bonchev–Trinajstić information content (AvgIpc) is 2.69. The van der Waals surface area contributed by atoms with Crippen LogP contribution in [-0.4, -0.2) is 26.4 Å². The highest BCUT2D eigenvalue weighted by Crippen LogP contribution is 2.22. The number of nitrogens with zero attached hydrogens (tertiary/aromatic N) is 3. The maximum Gasteiger partial charge on any atom is 0.255 e. The van der Waals surface area contributed by atoms with Gasteiger partial charge in [-0.15, -0.1) is 0 Å². The highest BCUT2D eigenvalue weighted by atomic mass is 19.1. The van der Waals surface area contributed by atoms with Crippen LogP contribution in [0.5, 0.6) is 0 Å². The molecule has 0 amide bonds. The molecule has 3 aromatic rings. The predicted molar refractivity (Wildman–Crippen MR) is 111 cm³/mol. The Morgan fingerprint density at radius 1 is 1.14 bits per heavy atom. The molecule has 0 spiro atoms. The van der Waals surface area contributed by atoms with Gasteiger partial charge in [-0.3, -0.25) is 14.7 Å². The van der Waals surface area contributed by atoms with Crippen LogP contribution in [0.2, 0.25) is 0 Å². The van der Waals surface area contributed by atoms with E-state index >= 15 is 0 Å². The van der Waals surface area contributed by atoms with Gasteiger partial charge in [-0.25, -0.2) is 9.37 Å². The number of hydrogen-bond donors (Lipinski definition) is 1. The molecule has 1 aliphatic heterocycles. The van der Waals surface area contributed by atoms with Crippen molar-refractivity contribution in [3.63, 3.8) is 0 Å². The predicted octanol–water partition coefficient (Wildman–Crippen LogP) is 3.83. The van der Waals surface area contributed by atoms with Crippen molar-refractivity contribution in [1.29, 1.82) is 0 Å². The van der Waals surface area contributed by atoms with Gasteiger partial charge < -0.3 is 4.98 Å². The largest absolute Gasteiger partial charge is 0.310 e. The van der Waals surface area contributed by atoms with Crippen LogP contribution in [0.3, 0.4) is 0 Å². The van der Waals surface area contributed by atoms with Gasteiger partial charge >= 0.3 is 0 Å². The van der Waals surface area contributed by atoms with E-state index < -0.39 is 0 Å². The van der Waals surface area contributed by atoms with Crippen molar-refractivity contribution < 1.29 is 4.39 Å². The van der Waals surface area contributed by atoms with Crippen molar-refractivity contribution in [2.24, 2.45) is 0 Å². The number of fused-ring (bicyclic) bond motifs is 1. The van der Waals surface area contributed by atoms with Crippen LogP contribution < -0.4 is 5.56 Å². The molecule has 0 bridgehead atoms. The van der Waals surface area contributed by atoms with Crippen LogP contribution in [-0.2, 0) is 24.9 Å². The van der Waals surface area contributed by atoms with E-state index in [1.165, 1.54) is 12.1 Å². The van der Waals surface area contributed by atoms with E-state index in [0.29, 0.717) is 6.54 Å². The standard InChI is InChI=1S/C23H25FN4O/c1-23(2,3)22-26-20-10-11-28(14-18(20)21(29)27-22)13-15-4-9-19(25-12-15)16-5-7-17(24)8-6-16/h4-9,12H,10-11,13-14H2,1-3H3,(H,26,27,29). The van der Waals surface area contributed by atoms with Crippen LogP contribution in [0.1, 0.15) is 43.4 Å².